The molecule has 1 aromatic carbocycles. The normalized spacial score (nSPS) is 23.2. The molecule has 106 valence electrons. The number of anilines is 1. The van der Waals surface area contributed by atoms with Crippen molar-refractivity contribution in [2.75, 3.05) is 18.5 Å². The van der Waals surface area contributed by atoms with Gasteiger partial charge in [-0.1, -0.05) is 19.9 Å². The molecular formula is C16H25FN2. The second-order valence-electron chi connectivity index (χ2n) is 6.01. The fourth-order valence-corrected chi connectivity index (χ4v) is 2.54. The zero-order valence-corrected chi connectivity index (χ0v) is 12.2. The molecule has 0 heterocycles. The molecule has 0 aliphatic heterocycles. The molecule has 3 heteroatoms. The fraction of sp³-hybridized carbons (Fsp3) is 0.625. The van der Waals surface area contributed by atoms with Crippen LogP contribution in [0.4, 0.5) is 10.1 Å². The van der Waals surface area contributed by atoms with Gasteiger partial charge in [0.1, 0.15) is 5.82 Å². The minimum Gasteiger partial charge on any atom is -0.372 e. The molecular weight excluding hydrogens is 239 g/mol. The molecule has 1 aliphatic carbocycles. The molecule has 2 N–H and O–H groups in total. The molecule has 0 saturated heterocycles. The van der Waals surface area contributed by atoms with Crippen molar-refractivity contribution in [1.82, 2.24) is 0 Å². The lowest BCUT2D eigenvalue weighted by Crippen LogP contribution is -2.23. The summed E-state index contributed by atoms with van der Waals surface area (Å²) >= 11 is 0. The van der Waals surface area contributed by atoms with E-state index in [0.29, 0.717) is 5.69 Å². The summed E-state index contributed by atoms with van der Waals surface area (Å²) in [6, 6.07) is 5.65. The van der Waals surface area contributed by atoms with Crippen molar-refractivity contribution < 1.29 is 4.39 Å². The summed E-state index contributed by atoms with van der Waals surface area (Å²) < 4.78 is 14.1. The smallest absolute Gasteiger partial charge is 0.146 e. The Bertz CT molecular complexity index is 433. The predicted octanol–water partition coefficient (Wildman–Crippen LogP) is 3.20. The molecule has 2 nitrogen and oxygen atoms in total. The maximum absolute atomic E-state index is 14.1. The van der Waals surface area contributed by atoms with E-state index in [1.165, 1.54) is 6.42 Å². The Hall–Kier alpha value is -1.09. The number of nitrogens with two attached hydrogens (primary N) is 1. The summed E-state index contributed by atoms with van der Waals surface area (Å²) in [7, 11) is 1.97. The Morgan fingerprint density at radius 1 is 1.47 bits per heavy atom. The van der Waals surface area contributed by atoms with E-state index in [4.69, 9.17) is 5.73 Å². The lowest BCUT2D eigenvalue weighted by Gasteiger charge is -2.20. The van der Waals surface area contributed by atoms with Crippen molar-refractivity contribution in [3.8, 4) is 0 Å². The van der Waals surface area contributed by atoms with Gasteiger partial charge in [-0.15, -0.1) is 0 Å². The molecule has 3 atom stereocenters. The number of hydrogen-bond donors (Lipinski definition) is 1. The van der Waals surface area contributed by atoms with Crippen molar-refractivity contribution in [2.24, 2.45) is 17.6 Å². The Morgan fingerprint density at radius 3 is 2.68 bits per heavy atom. The van der Waals surface area contributed by atoms with Crippen LogP contribution in [0, 0.1) is 17.7 Å². The zero-order chi connectivity index (χ0) is 14.0. The van der Waals surface area contributed by atoms with Crippen LogP contribution in [0.5, 0.6) is 0 Å². The number of hydrogen-bond acceptors (Lipinski definition) is 2. The van der Waals surface area contributed by atoms with Crippen LogP contribution in [0.3, 0.4) is 0 Å². The Labute approximate surface area is 115 Å². The van der Waals surface area contributed by atoms with Gasteiger partial charge in [0.25, 0.3) is 0 Å². The highest BCUT2D eigenvalue weighted by Crippen LogP contribution is 2.39. The van der Waals surface area contributed by atoms with Crippen LogP contribution in [0.25, 0.3) is 0 Å². The van der Waals surface area contributed by atoms with E-state index in [0.717, 1.165) is 36.8 Å². The minimum absolute atomic E-state index is 0.121. The highest BCUT2D eigenvalue weighted by atomic mass is 19.1. The van der Waals surface area contributed by atoms with Gasteiger partial charge in [0.2, 0.25) is 0 Å². The third-order valence-electron chi connectivity index (χ3n) is 4.23. The molecule has 1 saturated carbocycles. The van der Waals surface area contributed by atoms with Gasteiger partial charge in [-0.05, 0) is 48.8 Å². The molecule has 0 radical (unpaired) electrons. The topological polar surface area (TPSA) is 29.3 Å². The molecule has 0 aromatic heterocycles. The van der Waals surface area contributed by atoms with Gasteiger partial charge in [-0.3, -0.25) is 0 Å². The van der Waals surface area contributed by atoms with Gasteiger partial charge >= 0.3 is 0 Å². The van der Waals surface area contributed by atoms with E-state index in [1.54, 1.807) is 6.07 Å². The third kappa shape index (κ3) is 3.69. The summed E-state index contributed by atoms with van der Waals surface area (Å²) in [6.45, 7) is 5.26. The second kappa shape index (κ2) is 5.91. The van der Waals surface area contributed by atoms with Gasteiger partial charge < -0.3 is 10.6 Å². The van der Waals surface area contributed by atoms with Gasteiger partial charge in [-0.25, -0.2) is 4.39 Å². The summed E-state index contributed by atoms with van der Waals surface area (Å²) in [5.74, 6) is 1.40. The average Bonchev–Trinajstić information content (AvgIpc) is 3.04. The summed E-state index contributed by atoms with van der Waals surface area (Å²) in [5.41, 5.74) is 7.60. The number of benzene rings is 1. The molecule has 1 aliphatic rings. The Morgan fingerprint density at radius 2 is 2.16 bits per heavy atom. The number of nitrogens with zero attached hydrogens (tertiary/aromatic N) is 1. The standard InChI is InChI=1S/C16H25FN2/c1-4-14(18)8-12-5-6-16(15(17)9-12)19(3)10-13-7-11(13)2/h5-6,9,11,13-14H,4,7-8,10,18H2,1-3H3. The van der Waals surface area contributed by atoms with Crippen LogP contribution in [0.2, 0.25) is 0 Å². The number of halogens is 1. The lowest BCUT2D eigenvalue weighted by molar-refractivity contribution is 0.606. The van der Waals surface area contributed by atoms with E-state index in [-0.39, 0.29) is 11.9 Å². The first-order valence-corrected chi connectivity index (χ1v) is 7.26. The molecule has 1 fully saturated rings. The van der Waals surface area contributed by atoms with E-state index >= 15 is 0 Å². The van der Waals surface area contributed by atoms with E-state index < -0.39 is 0 Å². The first-order chi connectivity index (χ1) is 9.01. The monoisotopic (exact) mass is 264 g/mol. The fourth-order valence-electron chi connectivity index (χ4n) is 2.54. The van der Waals surface area contributed by atoms with Gasteiger partial charge in [0.15, 0.2) is 0 Å². The quantitative estimate of drug-likeness (QED) is 0.855. The van der Waals surface area contributed by atoms with E-state index in [9.17, 15) is 4.39 Å². The molecule has 19 heavy (non-hydrogen) atoms. The minimum atomic E-state index is -0.128. The maximum Gasteiger partial charge on any atom is 0.146 e. The summed E-state index contributed by atoms with van der Waals surface area (Å²) in [5, 5.41) is 0. The zero-order valence-electron chi connectivity index (χ0n) is 12.2. The van der Waals surface area contributed by atoms with Crippen molar-refractivity contribution in [3.05, 3.63) is 29.6 Å². The van der Waals surface area contributed by atoms with Crippen molar-refractivity contribution in [1.29, 1.82) is 0 Å². The Kier molecular flexibility index (Phi) is 4.46. The Balaban J connectivity index is 2.01. The summed E-state index contributed by atoms with van der Waals surface area (Å²) in [4.78, 5) is 2.03. The highest BCUT2D eigenvalue weighted by Gasteiger charge is 2.33. The molecule has 0 spiro atoms. The molecule has 2 rings (SSSR count). The van der Waals surface area contributed by atoms with Crippen LogP contribution in [-0.4, -0.2) is 19.6 Å². The molecule has 0 bridgehead atoms. The van der Waals surface area contributed by atoms with E-state index in [1.807, 2.05) is 24.1 Å². The third-order valence-corrected chi connectivity index (χ3v) is 4.23. The van der Waals surface area contributed by atoms with Crippen LogP contribution in [0.15, 0.2) is 18.2 Å². The SMILES string of the molecule is CCC(N)Cc1ccc(N(C)CC2CC2C)c(F)c1. The second-order valence-corrected chi connectivity index (χ2v) is 6.01. The molecule has 0 amide bonds. The van der Waals surface area contributed by atoms with Crippen molar-refractivity contribution in [3.63, 3.8) is 0 Å². The van der Waals surface area contributed by atoms with Crippen LogP contribution >= 0.6 is 0 Å². The molecule has 1 aromatic rings. The first kappa shape index (κ1) is 14.3. The lowest BCUT2D eigenvalue weighted by atomic mass is 10.0. The molecule has 3 unspecified atom stereocenters. The highest BCUT2D eigenvalue weighted by molar-refractivity contribution is 5.48. The van der Waals surface area contributed by atoms with Gasteiger partial charge in [-0.2, -0.15) is 0 Å². The largest absolute Gasteiger partial charge is 0.372 e. The average molecular weight is 264 g/mol. The van der Waals surface area contributed by atoms with Crippen LogP contribution in [0.1, 0.15) is 32.3 Å². The van der Waals surface area contributed by atoms with E-state index in [2.05, 4.69) is 13.8 Å². The van der Waals surface area contributed by atoms with Crippen LogP contribution < -0.4 is 10.6 Å². The predicted molar refractivity (Wildman–Crippen MR) is 78.9 cm³/mol. The van der Waals surface area contributed by atoms with Crippen LogP contribution in [-0.2, 0) is 6.42 Å². The van der Waals surface area contributed by atoms with Crippen molar-refractivity contribution in [2.45, 2.75) is 39.2 Å². The maximum atomic E-state index is 14.1. The number of rotatable bonds is 6. The van der Waals surface area contributed by atoms with Gasteiger partial charge in [0.05, 0.1) is 5.69 Å². The summed E-state index contributed by atoms with van der Waals surface area (Å²) in [6.07, 6.45) is 2.94. The first-order valence-electron chi connectivity index (χ1n) is 7.26. The van der Waals surface area contributed by atoms with Crippen molar-refractivity contribution >= 4 is 5.69 Å². The van der Waals surface area contributed by atoms with Gasteiger partial charge in [0, 0.05) is 19.6 Å².